The van der Waals surface area contributed by atoms with Crippen LogP contribution in [0, 0.1) is 0 Å². The SMILES string of the molecule is COC1CS(=O)(=O)C(Br)C1Br. The Bertz CT molecular complexity index is 238. The number of hydrogen-bond acceptors (Lipinski definition) is 3. The molecule has 0 bridgehead atoms. The first-order valence-corrected chi connectivity index (χ1v) is 6.56. The second-order valence-corrected chi connectivity index (χ2v) is 7.22. The Morgan fingerprint density at radius 1 is 1.45 bits per heavy atom. The topological polar surface area (TPSA) is 43.4 Å². The molecule has 1 rings (SSSR count). The zero-order valence-corrected chi connectivity index (χ0v) is 9.82. The highest BCUT2D eigenvalue weighted by Gasteiger charge is 2.44. The Morgan fingerprint density at radius 2 is 2.00 bits per heavy atom. The van der Waals surface area contributed by atoms with Gasteiger partial charge in [0.05, 0.1) is 16.7 Å². The van der Waals surface area contributed by atoms with Gasteiger partial charge in [0, 0.05) is 7.11 Å². The second-order valence-electron chi connectivity index (χ2n) is 2.40. The van der Waals surface area contributed by atoms with Gasteiger partial charge in [-0.15, -0.1) is 0 Å². The van der Waals surface area contributed by atoms with E-state index in [1.54, 1.807) is 0 Å². The molecule has 0 aliphatic carbocycles. The van der Waals surface area contributed by atoms with E-state index in [1.807, 2.05) is 0 Å². The molecule has 0 aromatic heterocycles. The summed E-state index contributed by atoms with van der Waals surface area (Å²) in [4.78, 5) is -0.141. The highest BCUT2D eigenvalue weighted by atomic mass is 79.9. The summed E-state index contributed by atoms with van der Waals surface area (Å²) in [6.07, 6.45) is -0.232. The minimum Gasteiger partial charge on any atom is -0.379 e. The van der Waals surface area contributed by atoms with Gasteiger partial charge in [-0.1, -0.05) is 31.9 Å². The lowest BCUT2D eigenvalue weighted by Gasteiger charge is -2.10. The number of hydrogen-bond donors (Lipinski definition) is 0. The van der Waals surface area contributed by atoms with E-state index < -0.39 is 14.0 Å². The molecule has 0 aromatic carbocycles. The van der Waals surface area contributed by atoms with Crippen molar-refractivity contribution < 1.29 is 13.2 Å². The van der Waals surface area contributed by atoms with Gasteiger partial charge in [0.2, 0.25) is 0 Å². The van der Waals surface area contributed by atoms with Gasteiger partial charge < -0.3 is 4.74 Å². The maximum atomic E-state index is 11.2. The van der Waals surface area contributed by atoms with Gasteiger partial charge >= 0.3 is 0 Å². The molecule has 0 radical (unpaired) electrons. The molecule has 0 aromatic rings. The lowest BCUT2D eigenvalue weighted by atomic mass is 10.3. The van der Waals surface area contributed by atoms with Crippen molar-refractivity contribution in [3.63, 3.8) is 0 Å². The van der Waals surface area contributed by atoms with E-state index >= 15 is 0 Å². The number of halogens is 2. The van der Waals surface area contributed by atoms with Crippen molar-refractivity contribution in [2.24, 2.45) is 0 Å². The fourth-order valence-electron chi connectivity index (χ4n) is 0.978. The fourth-order valence-corrected chi connectivity index (χ4v) is 4.97. The Kier molecular flexibility index (Phi) is 3.00. The largest absolute Gasteiger partial charge is 0.379 e. The van der Waals surface area contributed by atoms with E-state index in [0.717, 1.165) is 0 Å². The van der Waals surface area contributed by atoms with Crippen molar-refractivity contribution in [3.8, 4) is 0 Å². The standard InChI is InChI=1S/C5H8Br2O3S/c1-10-3-2-11(8,9)5(7)4(3)6/h3-5H,2H2,1H3. The normalized spacial score (nSPS) is 42.6. The van der Waals surface area contributed by atoms with Gasteiger partial charge in [-0.25, -0.2) is 8.42 Å². The second kappa shape index (κ2) is 3.32. The molecule has 3 atom stereocenters. The molecule has 1 aliphatic heterocycles. The zero-order chi connectivity index (χ0) is 8.65. The van der Waals surface area contributed by atoms with Crippen LogP contribution in [0.5, 0.6) is 0 Å². The van der Waals surface area contributed by atoms with Gasteiger partial charge in [0.1, 0.15) is 4.16 Å². The Balaban J connectivity index is 2.86. The number of methoxy groups -OCH3 is 1. The monoisotopic (exact) mass is 306 g/mol. The summed E-state index contributed by atoms with van der Waals surface area (Å²) in [5.41, 5.74) is 0. The predicted octanol–water partition coefficient (Wildman–Crippen LogP) is 0.914. The molecule has 0 N–H and O–H groups in total. The van der Waals surface area contributed by atoms with E-state index in [9.17, 15) is 8.42 Å². The molecule has 66 valence electrons. The van der Waals surface area contributed by atoms with E-state index in [0.29, 0.717) is 0 Å². The van der Waals surface area contributed by atoms with Gasteiger partial charge in [0.15, 0.2) is 9.84 Å². The third kappa shape index (κ3) is 1.79. The third-order valence-electron chi connectivity index (χ3n) is 1.65. The minimum absolute atomic E-state index is 0.0926. The lowest BCUT2D eigenvalue weighted by molar-refractivity contribution is 0.129. The number of rotatable bonds is 1. The summed E-state index contributed by atoms with van der Waals surface area (Å²) < 4.78 is 26.8. The van der Waals surface area contributed by atoms with Crippen molar-refractivity contribution >= 4 is 41.7 Å². The molecule has 1 saturated heterocycles. The van der Waals surface area contributed by atoms with Crippen molar-refractivity contribution in [2.45, 2.75) is 15.1 Å². The molecule has 6 heteroatoms. The lowest BCUT2D eigenvalue weighted by Crippen LogP contribution is -2.22. The fraction of sp³-hybridized carbons (Fsp3) is 1.00. The molecule has 3 nitrogen and oxygen atoms in total. The van der Waals surface area contributed by atoms with E-state index in [1.165, 1.54) is 7.11 Å². The van der Waals surface area contributed by atoms with Crippen LogP contribution in [0.25, 0.3) is 0 Å². The molecule has 1 aliphatic rings. The molecule has 3 unspecified atom stereocenters. The van der Waals surface area contributed by atoms with Crippen LogP contribution in [-0.4, -0.2) is 36.4 Å². The highest BCUT2D eigenvalue weighted by molar-refractivity contribution is 9.13. The van der Waals surface area contributed by atoms with Gasteiger partial charge in [-0.3, -0.25) is 0 Å². The summed E-state index contributed by atoms with van der Waals surface area (Å²) in [6, 6.07) is 0. The quantitative estimate of drug-likeness (QED) is 0.677. The van der Waals surface area contributed by atoms with E-state index in [-0.39, 0.29) is 16.7 Å². The molecular weight excluding hydrogens is 300 g/mol. The summed E-state index contributed by atoms with van der Waals surface area (Å²) in [5.74, 6) is 0.0926. The molecular formula is C5H8Br2O3S. The maximum Gasteiger partial charge on any atom is 0.166 e. The maximum absolute atomic E-state index is 11.2. The van der Waals surface area contributed by atoms with Crippen LogP contribution in [0.1, 0.15) is 0 Å². The molecule has 1 fully saturated rings. The van der Waals surface area contributed by atoms with Crippen molar-refractivity contribution in [2.75, 3.05) is 12.9 Å². The summed E-state index contributed by atoms with van der Waals surface area (Å²) in [5, 5.41) is 0. The van der Waals surface area contributed by atoms with Crippen LogP contribution < -0.4 is 0 Å². The minimum atomic E-state index is -2.99. The predicted molar refractivity (Wildman–Crippen MR) is 50.0 cm³/mol. The molecule has 0 amide bonds. The molecule has 0 spiro atoms. The van der Waals surface area contributed by atoms with Crippen LogP contribution in [-0.2, 0) is 14.6 Å². The Morgan fingerprint density at radius 3 is 2.18 bits per heavy atom. The van der Waals surface area contributed by atoms with Gasteiger partial charge in [-0.05, 0) is 0 Å². The van der Waals surface area contributed by atoms with Crippen LogP contribution in [0.2, 0.25) is 0 Å². The van der Waals surface area contributed by atoms with Crippen LogP contribution in [0.15, 0.2) is 0 Å². The zero-order valence-electron chi connectivity index (χ0n) is 5.83. The van der Waals surface area contributed by atoms with Crippen LogP contribution in [0.3, 0.4) is 0 Å². The number of alkyl halides is 2. The average molecular weight is 308 g/mol. The first kappa shape index (κ1) is 9.95. The van der Waals surface area contributed by atoms with Crippen LogP contribution >= 0.6 is 31.9 Å². The van der Waals surface area contributed by atoms with E-state index in [2.05, 4.69) is 31.9 Å². The van der Waals surface area contributed by atoms with Crippen LogP contribution in [0.4, 0.5) is 0 Å². The Labute approximate surface area is 82.7 Å². The third-order valence-corrected chi connectivity index (χ3v) is 7.88. The average Bonchev–Trinajstić information content (AvgIpc) is 2.13. The van der Waals surface area contributed by atoms with Gasteiger partial charge in [-0.2, -0.15) is 0 Å². The molecule has 11 heavy (non-hydrogen) atoms. The highest BCUT2D eigenvalue weighted by Crippen LogP contribution is 2.32. The van der Waals surface area contributed by atoms with E-state index in [4.69, 9.17) is 4.74 Å². The first-order chi connectivity index (χ1) is 4.99. The Hall–Kier alpha value is 0.870. The summed E-state index contributed by atoms with van der Waals surface area (Å²) in [6.45, 7) is 0. The van der Waals surface area contributed by atoms with Gasteiger partial charge in [0.25, 0.3) is 0 Å². The summed E-state index contributed by atoms with van der Waals surface area (Å²) in [7, 11) is -1.48. The van der Waals surface area contributed by atoms with Crippen molar-refractivity contribution in [3.05, 3.63) is 0 Å². The van der Waals surface area contributed by atoms with Crippen molar-refractivity contribution in [1.82, 2.24) is 0 Å². The number of ether oxygens (including phenoxy) is 1. The number of sulfone groups is 1. The summed E-state index contributed by atoms with van der Waals surface area (Å²) >= 11 is 6.35. The first-order valence-electron chi connectivity index (χ1n) is 3.01. The molecule has 1 heterocycles. The molecule has 0 saturated carbocycles. The smallest absolute Gasteiger partial charge is 0.166 e. The van der Waals surface area contributed by atoms with Crippen molar-refractivity contribution in [1.29, 1.82) is 0 Å².